The molecule has 1 N–H and O–H groups in total. The van der Waals surface area contributed by atoms with E-state index in [2.05, 4.69) is 21.2 Å². The van der Waals surface area contributed by atoms with E-state index in [1.807, 2.05) is 12.1 Å². The van der Waals surface area contributed by atoms with E-state index in [9.17, 15) is 9.59 Å². The van der Waals surface area contributed by atoms with Gasteiger partial charge in [-0.3, -0.25) is 9.69 Å². The summed E-state index contributed by atoms with van der Waals surface area (Å²) in [6, 6.07) is 11.7. The molecule has 1 atom stereocenters. The third-order valence-corrected chi connectivity index (χ3v) is 5.44. The highest BCUT2D eigenvalue weighted by molar-refractivity contribution is 9.10. The van der Waals surface area contributed by atoms with Crippen LogP contribution in [0.15, 0.2) is 46.9 Å². The summed E-state index contributed by atoms with van der Waals surface area (Å²) in [7, 11) is 0. The van der Waals surface area contributed by atoms with E-state index in [1.165, 1.54) is 0 Å². The smallest absolute Gasteiger partial charge is 0.325 e. The van der Waals surface area contributed by atoms with E-state index in [0.29, 0.717) is 21.4 Å². The van der Waals surface area contributed by atoms with E-state index in [4.69, 9.17) is 27.9 Å². The maximum absolute atomic E-state index is 12.8. The Morgan fingerprint density at radius 2 is 1.81 bits per heavy atom. The Balaban J connectivity index is 1.69. The summed E-state index contributed by atoms with van der Waals surface area (Å²) in [5, 5.41) is 3.43. The first-order valence-electron chi connectivity index (χ1n) is 7.79. The van der Waals surface area contributed by atoms with Crippen LogP contribution < -0.4 is 10.1 Å². The van der Waals surface area contributed by atoms with Crippen molar-refractivity contribution in [2.24, 2.45) is 0 Å². The number of halogens is 3. The van der Waals surface area contributed by atoms with Gasteiger partial charge in [0.25, 0.3) is 5.91 Å². The summed E-state index contributed by atoms with van der Waals surface area (Å²) >= 11 is 15.3. The Labute approximate surface area is 169 Å². The Morgan fingerprint density at radius 1 is 1.12 bits per heavy atom. The van der Waals surface area contributed by atoms with E-state index in [1.54, 1.807) is 37.3 Å². The van der Waals surface area contributed by atoms with E-state index < -0.39 is 11.6 Å². The van der Waals surface area contributed by atoms with Gasteiger partial charge in [-0.15, -0.1) is 0 Å². The zero-order chi connectivity index (χ0) is 18.9. The van der Waals surface area contributed by atoms with Gasteiger partial charge in [-0.05, 0) is 48.9 Å². The number of carbonyl (C=O) groups is 2. The Hall–Kier alpha value is -1.76. The highest BCUT2D eigenvalue weighted by Crippen LogP contribution is 2.32. The van der Waals surface area contributed by atoms with Gasteiger partial charge in [0.15, 0.2) is 0 Å². The normalized spacial score (nSPS) is 19.6. The number of ether oxygens (including phenoxy) is 1. The van der Waals surface area contributed by atoms with Gasteiger partial charge in [0, 0.05) is 4.47 Å². The molecule has 2 aromatic carbocycles. The molecule has 1 aliphatic heterocycles. The largest absolute Gasteiger partial charge is 0.492 e. The molecule has 0 saturated carbocycles. The van der Waals surface area contributed by atoms with Gasteiger partial charge in [-0.2, -0.15) is 0 Å². The Kier molecular flexibility index (Phi) is 5.46. The third-order valence-electron chi connectivity index (χ3n) is 4.17. The Bertz CT molecular complexity index is 860. The molecular formula is C18H15BrCl2N2O3. The van der Waals surface area contributed by atoms with E-state index in [-0.39, 0.29) is 19.1 Å². The summed E-state index contributed by atoms with van der Waals surface area (Å²) in [4.78, 5) is 26.3. The van der Waals surface area contributed by atoms with Crippen LogP contribution >= 0.6 is 39.1 Å². The second-order valence-electron chi connectivity index (χ2n) is 5.94. The first-order valence-corrected chi connectivity index (χ1v) is 9.34. The molecule has 1 saturated heterocycles. The summed E-state index contributed by atoms with van der Waals surface area (Å²) in [5.41, 5.74) is -0.621. The van der Waals surface area contributed by atoms with Crippen molar-refractivity contribution in [3.8, 4) is 5.75 Å². The molecule has 3 rings (SSSR count). The number of rotatable bonds is 5. The molecule has 0 spiro atoms. The van der Waals surface area contributed by atoms with Crippen LogP contribution in [0.1, 0.15) is 12.5 Å². The molecule has 1 unspecified atom stereocenters. The van der Waals surface area contributed by atoms with Crippen molar-refractivity contribution in [3.05, 3.63) is 62.5 Å². The van der Waals surface area contributed by atoms with Crippen molar-refractivity contribution < 1.29 is 14.3 Å². The van der Waals surface area contributed by atoms with Crippen LogP contribution in [0.3, 0.4) is 0 Å². The summed E-state index contributed by atoms with van der Waals surface area (Å²) in [6.07, 6.45) is 0. The van der Waals surface area contributed by atoms with Crippen molar-refractivity contribution in [1.29, 1.82) is 0 Å². The average molecular weight is 458 g/mol. The predicted molar refractivity (Wildman–Crippen MR) is 104 cm³/mol. The standard InChI is InChI=1S/C18H15BrCl2N2O3/c1-18(11-2-7-14(20)15(21)10-11)16(24)23(17(25)22-18)8-9-26-13-5-3-12(19)4-6-13/h2-7,10H,8-9H2,1H3,(H,22,25). The van der Waals surface area contributed by atoms with Gasteiger partial charge in [-0.25, -0.2) is 4.79 Å². The van der Waals surface area contributed by atoms with Crippen LogP contribution in [0.5, 0.6) is 5.75 Å². The van der Waals surface area contributed by atoms with Crippen LogP contribution in [-0.4, -0.2) is 30.0 Å². The molecule has 0 bridgehead atoms. The number of urea groups is 1. The monoisotopic (exact) mass is 456 g/mol. The molecule has 26 heavy (non-hydrogen) atoms. The SMILES string of the molecule is CC1(c2ccc(Cl)c(Cl)c2)NC(=O)N(CCOc2ccc(Br)cc2)C1=O. The lowest BCUT2D eigenvalue weighted by atomic mass is 9.92. The molecule has 8 heteroatoms. The van der Waals surface area contributed by atoms with Crippen LogP contribution in [-0.2, 0) is 10.3 Å². The van der Waals surface area contributed by atoms with Crippen molar-refractivity contribution in [2.75, 3.05) is 13.2 Å². The first-order chi connectivity index (χ1) is 12.3. The van der Waals surface area contributed by atoms with Crippen molar-refractivity contribution in [1.82, 2.24) is 10.2 Å². The number of hydrogen-bond donors (Lipinski definition) is 1. The highest BCUT2D eigenvalue weighted by Gasteiger charge is 2.48. The van der Waals surface area contributed by atoms with Crippen LogP contribution in [0.2, 0.25) is 10.0 Å². The number of carbonyl (C=O) groups excluding carboxylic acids is 2. The Morgan fingerprint density at radius 3 is 2.46 bits per heavy atom. The molecular weight excluding hydrogens is 443 g/mol. The van der Waals surface area contributed by atoms with Crippen molar-refractivity contribution >= 4 is 51.1 Å². The minimum atomic E-state index is -1.19. The minimum absolute atomic E-state index is 0.137. The van der Waals surface area contributed by atoms with E-state index >= 15 is 0 Å². The number of amides is 3. The van der Waals surface area contributed by atoms with Gasteiger partial charge in [0.1, 0.15) is 17.9 Å². The maximum atomic E-state index is 12.8. The maximum Gasteiger partial charge on any atom is 0.325 e. The van der Waals surface area contributed by atoms with Gasteiger partial charge in [-0.1, -0.05) is 45.2 Å². The van der Waals surface area contributed by atoms with Crippen LogP contribution in [0.25, 0.3) is 0 Å². The topological polar surface area (TPSA) is 58.6 Å². The fraction of sp³-hybridized carbons (Fsp3) is 0.222. The van der Waals surface area contributed by atoms with Crippen molar-refractivity contribution in [2.45, 2.75) is 12.5 Å². The first kappa shape index (κ1) is 19.0. The summed E-state index contributed by atoms with van der Waals surface area (Å²) in [6.45, 7) is 1.97. The molecule has 0 aliphatic carbocycles. The fourth-order valence-electron chi connectivity index (χ4n) is 2.69. The number of benzene rings is 2. The molecule has 3 amide bonds. The predicted octanol–water partition coefficient (Wildman–Crippen LogP) is 4.60. The molecule has 0 aromatic heterocycles. The molecule has 5 nitrogen and oxygen atoms in total. The molecule has 0 radical (unpaired) electrons. The molecule has 1 fully saturated rings. The van der Waals surface area contributed by atoms with Gasteiger partial charge < -0.3 is 10.1 Å². The summed E-state index contributed by atoms with van der Waals surface area (Å²) in [5.74, 6) is 0.299. The number of nitrogens with zero attached hydrogens (tertiary/aromatic N) is 1. The number of imide groups is 1. The van der Waals surface area contributed by atoms with Gasteiger partial charge in [0.05, 0.1) is 16.6 Å². The van der Waals surface area contributed by atoms with Gasteiger partial charge in [0.2, 0.25) is 0 Å². The lowest BCUT2D eigenvalue weighted by molar-refractivity contribution is -0.131. The van der Waals surface area contributed by atoms with Crippen LogP contribution in [0.4, 0.5) is 4.79 Å². The van der Waals surface area contributed by atoms with Crippen molar-refractivity contribution in [3.63, 3.8) is 0 Å². The molecule has 2 aromatic rings. The highest BCUT2D eigenvalue weighted by atomic mass is 79.9. The van der Waals surface area contributed by atoms with Gasteiger partial charge >= 0.3 is 6.03 Å². The fourth-order valence-corrected chi connectivity index (χ4v) is 3.25. The molecule has 136 valence electrons. The number of nitrogens with one attached hydrogen (secondary N) is 1. The average Bonchev–Trinajstić information content (AvgIpc) is 2.83. The second-order valence-corrected chi connectivity index (χ2v) is 7.67. The molecule has 1 aliphatic rings. The zero-order valence-corrected chi connectivity index (χ0v) is 16.9. The molecule has 1 heterocycles. The summed E-state index contributed by atoms with van der Waals surface area (Å²) < 4.78 is 6.54. The lowest BCUT2D eigenvalue weighted by Gasteiger charge is -2.22. The minimum Gasteiger partial charge on any atom is -0.492 e. The lowest BCUT2D eigenvalue weighted by Crippen LogP contribution is -2.41. The quantitative estimate of drug-likeness (QED) is 0.667. The van der Waals surface area contributed by atoms with Crippen LogP contribution in [0, 0.1) is 0 Å². The third kappa shape index (κ3) is 3.68. The van der Waals surface area contributed by atoms with E-state index in [0.717, 1.165) is 9.37 Å². The second kappa shape index (κ2) is 7.47. The number of hydrogen-bond acceptors (Lipinski definition) is 3. The zero-order valence-electron chi connectivity index (χ0n) is 13.8.